The van der Waals surface area contributed by atoms with Gasteiger partial charge in [0.25, 0.3) is 0 Å². The Morgan fingerprint density at radius 2 is 2.15 bits per heavy atom. The molecule has 6 nitrogen and oxygen atoms in total. The Bertz CT molecular complexity index is 503. The van der Waals surface area contributed by atoms with Crippen molar-refractivity contribution in [1.82, 2.24) is 9.88 Å². The minimum absolute atomic E-state index is 0.0129. The number of amides is 1. The van der Waals surface area contributed by atoms with E-state index >= 15 is 0 Å². The van der Waals surface area contributed by atoms with Crippen molar-refractivity contribution in [2.75, 3.05) is 26.3 Å². The molecule has 0 bridgehead atoms. The SMILES string of the molecule is CC(Sc1ccnc(C(=O)O)c1)C(=O)N1CCOCC1. The summed E-state index contributed by atoms with van der Waals surface area (Å²) in [5.74, 6) is -1.02. The summed E-state index contributed by atoms with van der Waals surface area (Å²) in [7, 11) is 0. The molecule has 1 N–H and O–H groups in total. The lowest BCUT2D eigenvalue weighted by atomic mass is 10.3. The molecule has 1 aliphatic heterocycles. The van der Waals surface area contributed by atoms with Gasteiger partial charge in [-0.15, -0.1) is 11.8 Å². The molecule has 1 unspecified atom stereocenters. The van der Waals surface area contributed by atoms with Crippen LogP contribution < -0.4 is 0 Å². The summed E-state index contributed by atoms with van der Waals surface area (Å²) in [6.07, 6.45) is 1.44. The fourth-order valence-electron chi connectivity index (χ4n) is 1.90. The molecule has 0 saturated carbocycles. The monoisotopic (exact) mass is 296 g/mol. The number of morpholine rings is 1. The molecule has 1 aromatic heterocycles. The highest BCUT2D eigenvalue weighted by molar-refractivity contribution is 8.00. The van der Waals surface area contributed by atoms with E-state index in [1.165, 1.54) is 24.0 Å². The second-order valence-corrected chi connectivity index (χ2v) is 5.79. The van der Waals surface area contributed by atoms with E-state index in [9.17, 15) is 9.59 Å². The predicted octanol–water partition coefficient (Wildman–Crippen LogP) is 1.12. The minimum atomic E-state index is -1.07. The normalized spacial score (nSPS) is 16.8. The molecule has 1 saturated heterocycles. The number of hydrogen-bond donors (Lipinski definition) is 1. The van der Waals surface area contributed by atoms with Crippen molar-refractivity contribution in [2.24, 2.45) is 0 Å². The average molecular weight is 296 g/mol. The Labute approximate surface area is 121 Å². The van der Waals surface area contributed by atoms with Gasteiger partial charge in [-0.25, -0.2) is 9.78 Å². The lowest BCUT2D eigenvalue weighted by Gasteiger charge is -2.29. The topological polar surface area (TPSA) is 79.7 Å². The second-order valence-electron chi connectivity index (χ2n) is 4.38. The van der Waals surface area contributed by atoms with Gasteiger partial charge in [0.15, 0.2) is 0 Å². The molecule has 0 aliphatic carbocycles. The first-order valence-corrected chi connectivity index (χ1v) is 7.18. The molecule has 0 aromatic carbocycles. The van der Waals surface area contributed by atoms with Crippen LogP contribution >= 0.6 is 11.8 Å². The number of rotatable bonds is 4. The van der Waals surface area contributed by atoms with Gasteiger partial charge in [0.2, 0.25) is 5.91 Å². The predicted molar refractivity (Wildman–Crippen MR) is 73.9 cm³/mol. The van der Waals surface area contributed by atoms with Crippen LogP contribution in [0, 0.1) is 0 Å². The summed E-state index contributed by atoms with van der Waals surface area (Å²) in [6.45, 7) is 4.19. The molecule has 1 aromatic rings. The maximum absolute atomic E-state index is 12.2. The van der Waals surface area contributed by atoms with E-state index in [0.29, 0.717) is 26.3 Å². The highest BCUT2D eigenvalue weighted by atomic mass is 32.2. The Hall–Kier alpha value is -1.60. The van der Waals surface area contributed by atoms with E-state index < -0.39 is 5.97 Å². The van der Waals surface area contributed by atoms with E-state index in [0.717, 1.165) is 4.90 Å². The summed E-state index contributed by atoms with van der Waals surface area (Å²) in [6, 6.07) is 3.19. The molecule has 2 heterocycles. The van der Waals surface area contributed by atoms with Gasteiger partial charge in [0.1, 0.15) is 5.69 Å². The highest BCUT2D eigenvalue weighted by Crippen LogP contribution is 2.25. The highest BCUT2D eigenvalue weighted by Gasteiger charge is 2.23. The molecule has 1 aliphatic rings. The first kappa shape index (κ1) is 14.8. The van der Waals surface area contributed by atoms with Gasteiger partial charge in [-0.2, -0.15) is 0 Å². The van der Waals surface area contributed by atoms with E-state index in [1.54, 1.807) is 11.0 Å². The van der Waals surface area contributed by atoms with Crippen LogP contribution in [0.2, 0.25) is 0 Å². The number of carbonyl (C=O) groups excluding carboxylic acids is 1. The van der Waals surface area contributed by atoms with E-state index in [2.05, 4.69) is 4.98 Å². The first-order valence-electron chi connectivity index (χ1n) is 6.30. The van der Waals surface area contributed by atoms with Crippen molar-refractivity contribution in [2.45, 2.75) is 17.1 Å². The Kier molecular flexibility index (Phi) is 4.97. The molecule has 1 fully saturated rings. The van der Waals surface area contributed by atoms with Crippen molar-refractivity contribution < 1.29 is 19.4 Å². The zero-order chi connectivity index (χ0) is 14.5. The van der Waals surface area contributed by atoms with Gasteiger partial charge in [0, 0.05) is 24.2 Å². The largest absolute Gasteiger partial charge is 0.477 e. The van der Waals surface area contributed by atoms with E-state index in [4.69, 9.17) is 9.84 Å². The zero-order valence-corrected chi connectivity index (χ0v) is 11.9. The summed E-state index contributed by atoms with van der Waals surface area (Å²) in [5, 5.41) is 8.63. The number of ether oxygens (including phenoxy) is 1. The van der Waals surface area contributed by atoms with Crippen LogP contribution in [0.4, 0.5) is 0 Å². The average Bonchev–Trinajstić information content (AvgIpc) is 2.47. The molecule has 20 heavy (non-hydrogen) atoms. The maximum atomic E-state index is 12.2. The van der Waals surface area contributed by atoms with Crippen molar-refractivity contribution in [1.29, 1.82) is 0 Å². The number of aromatic carboxylic acids is 1. The molecule has 2 rings (SSSR count). The van der Waals surface area contributed by atoms with Crippen LogP contribution in [0.15, 0.2) is 23.2 Å². The number of hydrogen-bond acceptors (Lipinski definition) is 5. The maximum Gasteiger partial charge on any atom is 0.354 e. The minimum Gasteiger partial charge on any atom is -0.477 e. The fourth-order valence-corrected chi connectivity index (χ4v) is 2.87. The van der Waals surface area contributed by atoms with Gasteiger partial charge in [-0.05, 0) is 19.1 Å². The fraction of sp³-hybridized carbons (Fsp3) is 0.462. The van der Waals surface area contributed by atoms with Gasteiger partial charge in [-0.1, -0.05) is 0 Å². The first-order chi connectivity index (χ1) is 9.58. The molecule has 0 spiro atoms. The third-order valence-electron chi connectivity index (χ3n) is 2.93. The lowest BCUT2D eigenvalue weighted by molar-refractivity contribution is -0.134. The van der Waals surface area contributed by atoms with Crippen LogP contribution in [0.5, 0.6) is 0 Å². The van der Waals surface area contributed by atoms with Crippen LogP contribution in [0.1, 0.15) is 17.4 Å². The third-order valence-corrected chi connectivity index (χ3v) is 4.02. The van der Waals surface area contributed by atoms with Gasteiger partial charge in [0.05, 0.1) is 18.5 Å². The Morgan fingerprint density at radius 3 is 2.80 bits per heavy atom. The summed E-state index contributed by atoms with van der Waals surface area (Å²) >= 11 is 1.34. The van der Waals surface area contributed by atoms with Gasteiger partial charge < -0.3 is 14.7 Å². The van der Waals surface area contributed by atoms with Crippen molar-refractivity contribution >= 4 is 23.6 Å². The number of pyridine rings is 1. The van der Waals surface area contributed by atoms with Crippen LogP contribution in [-0.2, 0) is 9.53 Å². The molecule has 7 heteroatoms. The molecular weight excluding hydrogens is 280 g/mol. The Morgan fingerprint density at radius 1 is 1.45 bits per heavy atom. The van der Waals surface area contributed by atoms with Crippen LogP contribution in [0.3, 0.4) is 0 Å². The smallest absolute Gasteiger partial charge is 0.354 e. The lowest BCUT2D eigenvalue weighted by Crippen LogP contribution is -2.44. The molecule has 1 atom stereocenters. The van der Waals surface area contributed by atoms with Crippen molar-refractivity contribution in [3.8, 4) is 0 Å². The number of thioether (sulfide) groups is 1. The van der Waals surface area contributed by atoms with Gasteiger partial charge >= 0.3 is 5.97 Å². The van der Waals surface area contributed by atoms with E-state index in [1.807, 2.05) is 6.92 Å². The van der Waals surface area contributed by atoms with Crippen molar-refractivity contribution in [3.05, 3.63) is 24.0 Å². The van der Waals surface area contributed by atoms with Crippen LogP contribution in [-0.4, -0.2) is 58.4 Å². The number of nitrogens with zero attached hydrogens (tertiary/aromatic N) is 2. The molecule has 108 valence electrons. The molecule has 1 amide bonds. The summed E-state index contributed by atoms with van der Waals surface area (Å²) in [5.41, 5.74) is -0.0129. The van der Waals surface area contributed by atoms with Gasteiger partial charge in [-0.3, -0.25) is 4.79 Å². The molecular formula is C13H16N2O4S. The number of carbonyl (C=O) groups is 2. The quantitative estimate of drug-likeness (QED) is 0.839. The number of aromatic nitrogens is 1. The number of carboxylic acid groups (broad SMARTS) is 1. The number of carboxylic acids is 1. The standard InChI is InChI=1S/C13H16N2O4S/c1-9(12(16)15-4-6-19-7-5-15)20-10-2-3-14-11(8-10)13(17)18/h2-3,8-9H,4-7H2,1H3,(H,17,18). The Balaban J connectivity index is 1.99. The molecule has 0 radical (unpaired) electrons. The van der Waals surface area contributed by atoms with Crippen molar-refractivity contribution in [3.63, 3.8) is 0 Å². The third kappa shape index (κ3) is 3.71. The summed E-state index contributed by atoms with van der Waals surface area (Å²) in [4.78, 5) is 29.4. The summed E-state index contributed by atoms with van der Waals surface area (Å²) < 4.78 is 5.22. The van der Waals surface area contributed by atoms with Crippen LogP contribution in [0.25, 0.3) is 0 Å². The van der Waals surface area contributed by atoms with E-state index in [-0.39, 0.29) is 16.9 Å². The zero-order valence-electron chi connectivity index (χ0n) is 11.1. The second kappa shape index (κ2) is 6.71.